The van der Waals surface area contributed by atoms with Gasteiger partial charge in [-0.2, -0.15) is 0 Å². The highest BCUT2D eigenvalue weighted by molar-refractivity contribution is 5.98. The van der Waals surface area contributed by atoms with Crippen molar-refractivity contribution in [2.75, 3.05) is 19.6 Å². The lowest BCUT2D eigenvalue weighted by atomic mass is 10.1. The van der Waals surface area contributed by atoms with Crippen molar-refractivity contribution >= 4 is 16.7 Å². The van der Waals surface area contributed by atoms with Crippen LogP contribution in [-0.4, -0.2) is 36.8 Å². The lowest BCUT2D eigenvalue weighted by Gasteiger charge is -2.14. The van der Waals surface area contributed by atoms with Gasteiger partial charge in [0.05, 0.1) is 6.10 Å². The van der Waals surface area contributed by atoms with Gasteiger partial charge in [-0.1, -0.05) is 30.3 Å². The highest BCUT2D eigenvalue weighted by Crippen LogP contribution is 2.15. The maximum absolute atomic E-state index is 12.1. The molecule has 104 valence electrons. The molecule has 4 nitrogen and oxygen atoms in total. The second-order valence-electron chi connectivity index (χ2n) is 5.26. The molecule has 0 radical (unpaired) electrons. The van der Waals surface area contributed by atoms with Crippen LogP contribution in [-0.2, 0) is 0 Å². The van der Waals surface area contributed by atoms with Crippen LogP contribution in [0.3, 0.4) is 0 Å². The predicted octanol–water partition coefficient (Wildman–Crippen LogP) is 1.15. The number of benzene rings is 2. The average molecular weight is 270 g/mol. The normalized spacial score (nSPS) is 22.1. The van der Waals surface area contributed by atoms with Gasteiger partial charge in [0.1, 0.15) is 0 Å². The van der Waals surface area contributed by atoms with Gasteiger partial charge in [0.2, 0.25) is 0 Å². The number of carbonyl (C=O) groups is 1. The maximum Gasteiger partial charge on any atom is 0.251 e. The van der Waals surface area contributed by atoms with Crippen LogP contribution < -0.4 is 10.6 Å². The fraction of sp³-hybridized carbons (Fsp3) is 0.312. The first-order valence-electron chi connectivity index (χ1n) is 6.90. The molecule has 1 amide bonds. The fourth-order valence-electron chi connectivity index (χ4n) is 2.58. The van der Waals surface area contributed by atoms with Gasteiger partial charge in [0.15, 0.2) is 0 Å². The largest absolute Gasteiger partial charge is 0.391 e. The van der Waals surface area contributed by atoms with Gasteiger partial charge in [-0.25, -0.2) is 0 Å². The summed E-state index contributed by atoms with van der Waals surface area (Å²) in [7, 11) is 0. The van der Waals surface area contributed by atoms with E-state index >= 15 is 0 Å². The van der Waals surface area contributed by atoms with E-state index in [-0.39, 0.29) is 17.9 Å². The molecule has 3 N–H and O–H groups in total. The van der Waals surface area contributed by atoms with Crippen LogP contribution in [0.1, 0.15) is 10.4 Å². The molecule has 2 unspecified atom stereocenters. The van der Waals surface area contributed by atoms with Crippen LogP contribution in [0.15, 0.2) is 42.5 Å². The molecule has 2 atom stereocenters. The molecule has 0 saturated carbocycles. The summed E-state index contributed by atoms with van der Waals surface area (Å²) in [5.41, 5.74) is 0.657. The van der Waals surface area contributed by atoms with Crippen molar-refractivity contribution in [1.82, 2.24) is 10.6 Å². The summed E-state index contributed by atoms with van der Waals surface area (Å²) in [6.45, 7) is 1.86. The number of carbonyl (C=O) groups excluding carboxylic acids is 1. The van der Waals surface area contributed by atoms with Crippen LogP contribution in [0.5, 0.6) is 0 Å². The zero-order valence-electron chi connectivity index (χ0n) is 11.2. The first-order valence-corrected chi connectivity index (χ1v) is 6.90. The van der Waals surface area contributed by atoms with E-state index < -0.39 is 0 Å². The van der Waals surface area contributed by atoms with Crippen LogP contribution in [0, 0.1) is 5.92 Å². The molecule has 1 saturated heterocycles. The average Bonchev–Trinajstić information content (AvgIpc) is 2.89. The van der Waals surface area contributed by atoms with Crippen molar-refractivity contribution in [2.45, 2.75) is 6.10 Å². The maximum atomic E-state index is 12.1. The number of aliphatic hydroxyl groups excluding tert-OH is 1. The number of aliphatic hydroxyl groups is 1. The number of amides is 1. The summed E-state index contributed by atoms with van der Waals surface area (Å²) in [5, 5.41) is 17.9. The third kappa shape index (κ3) is 2.66. The van der Waals surface area contributed by atoms with Gasteiger partial charge in [0, 0.05) is 31.1 Å². The monoisotopic (exact) mass is 270 g/mol. The molecule has 1 aliphatic rings. The third-order valence-corrected chi connectivity index (χ3v) is 3.84. The van der Waals surface area contributed by atoms with Crippen molar-refractivity contribution in [2.24, 2.45) is 5.92 Å². The quantitative estimate of drug-likeness (QED) is 0.784. The molecule has 1 aliphatic heterocycles. The van der Waals surface area contributed by atoms with Crippen LogP contribution in [0.25, 0.3) is 10.8 Å². The van der Waals surface area contributed by atoms with Crippen LogP contribution in [0.2, 0.25) is 0 Å². The minimum absolute atomic E-state index is 0.0881. The van der Waals surface area contributed by atoms with E-state index in [1.165, 1.54) is 0 Å². The lowest BCUT2D eigenvalue weighted by molar-refractivity contribution is 0.0927. The Kier molecular flexibility index (Phi) is 3.67. The minimum atomic E-state index is -0.369. The number of rotatable bonds is 3. The Morgan fingerprint density at radius 1 is 1.20 bits per heavy atom. The number of hydrogen-bond acceptors (Lipinski definition) is 3. The SMILES string of the molecule is O=C(NCC1CNCC1O)c1ccc2ccccc2c1. The van der Waals surface area contributed by atoms with Crippen molar-refractivity contribution in [3.63, 3.8) is 0 Å². The van der Waals surface area contributed by atoms with E-state index in [0.717, 1.165) is 17.3 Å². The molecular weight excluding hydrogens is 252 g/mol. The Morgan fingerprint density at radius 3 is 2.75 bits per heavy atom. The zero-order chi connectivity index (χ0) is 13.9. The predicted molar refractivity (Wildman–Crippen MR) is 78.6 cm³/mol. The van der Waals surface area contributed by atoms with Crippen molar-refractivity contribution < 1.29 is 9.90 Å². The highest BCUT2D eigenvalue weighted by atomic mass is 16.3. The summed E-state index contributed by atoms with van der Waals surface area (Å²) in [4.78, 5) is 12.1. The summed E-state index contributed by atoms with van der Waals surface area (Å²) in [5.74, 6) is 0.00857. The zero-order valence-corrected chi connectivity index (χ0v) is 11.2. The Hall–Kier alpha value is -1.91. The van der Waals surface area contributed by atoms with E-state index in [0.29, 0.717) is 18.7 Å². The molecule has 0 aliphatic carbocycles. The van der Waals surface area contributed by atoms with Crippen molar-refractivity contribution in [1.29, 1.82) is 0 Å². The molecule has 4 heteroatoms. The van der Waals surface area contributed by atoms with Gasteiger partial charge in [0.25, 0.3) is 5.91 Å². The second-order valence-corrected chi connectivity index (χ2v) is 5.26. The van der Waals surface area contributed by atoms with Crippen molar-refractivity contribution in [3.05, 3.63) is 48.0 Å². The molecule has 1 heterocycles. The van der Waals surface area contributed by atoms with E-state index in [1.807, 2.05) is 42.5 Å². The van der Waals surface area contributed by atoms with Gasteiger partial charge in [-0.05, 0) is 22.9 Å². The van der Waals surface area contributed by atoms with Crippen LogP contribution >= 0.6 is 0 Å². The highest BCUT2D eigenvalue weighted by Gasteiger charge is 2.25. The molecule has 2 aromatic carbocycles. The number of β-amino-alcohol motifs (C(OH)–C–C–N with tert-alkyl or cyclic N) is 1. The van der Waals surface area contributed by atoms with Gasteiger partial charge in [-0.3, -0.25) is 4.79 Å². The molecule has 0 spiro atoms. The Labute approximate surface area is 117 Å². The van der Waals surface area contributed by atoms with Crippen molar-refractivity contribution in [3.8, 4) is 0 Å². The lowest BCUT2D eigenvalue weighted by Crippen LogP contribution is -2.34. The molecule has 1 fully saturated rings. The fourth-order valence-corrected chi connectivity index (χ4v) is 2.58. The summed E-state index contributed by atoms with van der Waals surface area (Å²) < 4.78 is 0. The molecule has 2 aromatic rings. The van der Waals surface area contributed by atoms with E-state index in [1.54, 1.807) is 0 Å². The molecule has 0 aromatic heterocycles. The number of fused-ring (bicyclic) bond motifs is 1. The first-order chi connectivity index (χ1) is 9.74. The third-order valence-electron chi connectivity index (χ3n) is 3.84. The summed E-state index contributed by atoms with van der Waals surface area (Å²) in [6, 6.07) is 13.7. The van der Waals surface area contributed by atoms with Crippen LogP contribution in [0.4, 0.5) is 0 Å². The van der Waals surface area contributed by atoms with Gasteiger partial charge in [-0.15, -0.1) is 0 Å². The first kappa shape index (κ1) is 13.1. The van der Waals surface area contributed by atoms with E-state index in [9.17, 15) is 9.90 Å². The van der Waals surface area contributed by atoms with E-state index in [4.69, 9.17) is 0 Å². The summed E-state index contributed by atoms with van der Waals surface area (Å²) >= 11 is 0. The molecule has 20 heavy (non-hydrogen) atoms. The second kappa shape index (κ2) is 5.61. The standard InChI is InChI=1S/C16H18N2O2/c19-15-10-17-8-14(15)9-18-16(20)13-6-5-11-3-1-2-4-12(11)7-13/h1-7,14-15,17,19H,8-10H2,(H,18,20). The Bertz CT molecular complexity index is 627. The minimum Gasteiger partial charge on any atom is -0.391 e. The summed E-state index contributed by atoms with van der Waals surface area (Å²) in [6.07, 6.45) is -0.369. The number of hydrogen-bond donors (Lipinski definition) is 3. The molecular formula is C16H18N2O2. The smallest absolute Gasteiger partial charge is 0.251 e. The van der Waals surface area contributed by atoms with E-state index in [2.05, 4.69) is 10.6 Å². The number of nitrogens with one attached hydrogen (secondary N) is 2. The van der Waals surface area contributed by atoms with Gasteiger partial charge >= 0.3 is 0 Å². The van der Waals surface area contributed by atoms with Gasteiger partial charge < -0.3 is 15.7 Å². The Morgan fingerprint density at radius 2 is 2.00 bits per heavy atom. The topological polar surface area (TPSA) is 61.4 Å². The molecule has 0 bridgehead atoms. The Balaban J connectivity index is 1.69. The molecule has 3 rings (SSSR count).